The fourth-order valence-electron chi connectivity index (χ4n) is 4.54. The van der Waals surface area contributed by atoms with Gasteiger partial charge in [0.05, 0.1) is 11.8 Å². The molecular formula is C18H21NO5. The van der Waals surface area contributed by atoms with E-state index in [-0.39, 0.29) is 24.5 Å². The van der Waals surface area contributed by atoms with E-state index in [0.29, 0.717) is 18.0 Å². The van der Waals surface area contributed by atoms with Gasteiger partial charge < -0.3 is 19.9 Å². The van der Waals surface area contributed by atoms with E-state index in [4.69, 9.17) is 9.47 Å². The molecule has 0 radical (unpaired) electrons. The number of ether oxygens (including phenoxy) is 2. The lowest BCUT2D eigenvalue weighted by atomic mass is 9.58. The Labute approximate surface area is 140 Å². The average molecular weight is 331 g/mol. The molecule has 4 aliphatic rings. The van der Waals surface area contributed by atoms with Crippen LogP contribution in [0.4, 0.5) is 0 Å². The van der Waals surface area contributed by atoms with Crippen LogP contribution in [0.2, 0.25) is 0 Å². The second kappa shape index (κ2) is 6.00. The lowest BCUT2D eigenvalue weighted by Gasteiger charge is -2.45. The SMILES string of the molecule is O=C(O)C1C2CCC(CC2)C1C(=O)NCc1ccc2c(c1)OCO2. The van der Waals surface area contributed by atoms with E-state index in [9.17, 15) is 14.7 Å². The molecule has 1 aromatic rings. The summed E-state index contributed by atoms with van der Waals surface area (Å²) in [5.41, 5.74) is 0.917. The van der Waals surface area contributed by atoms with Crippen LogP contribution in [0, 0.1) is 23.7 Å². The number of carboxylic acid groups (broad SMARTS) is 1. The van der Waals surface area contributed by atoms with Crippen molar-refractivity contribution >= 4 is 11.9 Å². The maximum absolute atomic E-state index is 12.7. The molecule has 2 unspecified atom stereocenters. The lowest BCUT2D eigenvalue weighted by Crippen LogP contribution is -2.50. The molecule has 1 amide bonds. The fraction of sp³-hybridized carbons (Fsp3) is 0.556. The molecule has 6 heteroatoms. The molecule has 5 rings (SSSR count). The molecule has 1 aromatic carbocycles. The molecule has 3 fully saturated rings. The summed E-state index contributed by atoms with van der Waals surface area (Å²) >= 11 is 0. The van der Waals surface area contributed by atoms with Gasteiger partial charge in [-0.25, -0.2) is 0 Å². The Balaban J connectivity index is 1.44. The quantitative estimate of drug-likeness (QED) is 0.883. The van der Waals surface area contributed by atoms with Gasteiger partial charge in [0.15, 0.2) is 11.5 Å². The second-order valence-corrected chi connectivity index (χ2v) is 6.97. The van der Waals surface area contributed by atoms with Gasteiger partial charge >= 0.3 is 5.97 Å². The van der Waals surface area contributed by atoms with Gasteiger partial charge in [-0.2, -0.15) is 0 Å². The molecule has 2 atom stereocenters. The van der Waals surface area contributed by atoms with Gasteiger partial charge in [-0.15, -0.1) is 0 Å². The van der Waals surface area contributed by atoms with Crippen molar-refractivity contribution in [3.63, 3.8) is 0 Å². The molecule has 128 valence electrons. The number of benzene rings is 1. The standard InChI is InChI=1S/C18H21NO5/c20-17(15-11-2-4-12(5-3-11)16(15)18(21)22)19-8-10-1-6-13-14(7-10)24-9-23-13/h1,6-7,11-12,15-16H,2-5,8-9H2,(H,19,20)(H,21,22). The van der Waals surface area contributed by atoms with Crippen molar-refractivity contribution in [1.29, 1.82) is 0 Å². The molecule has 1 heterocycles. The van der Waals surface area contributed by atoms with Crippen LogP contribution in [-0.2, 0) is 16.1 Å². The van der Waals surface area contributed by atoms with Crippen molar-refractivity contribution in [2.45, 2.75) is 32.2 Å². The predicted molar refractivity (Wildman–Crippen MR) is 84.5 cm³/mol. The van der Waals surface area contributed by atoms with Crippen molar-refractivity contribution < 1.29 is 24.2 Å². The molecule has 0 aromatic heterocycles. The normalized spacial score (nSPS) is 30.2. The topological polar surface area (TPSA) is 84.9 Å². The zero-order chi connectivity index (χ0) is 16.7. The first-order valence-corrected chi connectivity index (χ1v) is 8.52. The van der Waals surface area contributed by atoms with Crippen molar-refractivity contribution in [1.82, 2.24) is 5.32 Å². The molecule has 3 aliphatic carbocycles. The molecular weight excluding hydrogens is 310 g/mol. The first kappa shape index (κ1) is 15.3. The highest BCUT2D eigenvalue weighted by atomic mass is 16.7. The number of aliphatic carboxylic acids is 1. The Morgan fingerprint density at radius 2 is 1.71 bits per heavy atom. The number of fused-ring (bicyclic) bond motifs is 4. The largest absolute Gasteiger partial charge is 0.481 e. The van der Waals surface area contributed by atoms with E-state index in [1.54, 1.807) is 0 Å². The summed E-state index contributed by atoms with van der Waals surface area (Å²) in [5, 5.41) is 12.5. The molecule has 2 N–H and O–H groups in total. The van der Waals surface area contributed by atoms with Crippen LogP contribution in [0.3, 0.4) is 0 Å². The van der Waals surface area contributed by atoms with Gasteiger partial charge in [0.25, 0.3) is 0 Å². The Morgan fingerprint density at radius 1 is 1.04 bits per heavy atom. The van der Waals surface area contributed by atoms with Crippen LogP contribution in [0.15, 0.2) is 18.2 Å². The summed E-state index contributed by atoms with van der Waals surface area (Å²) in [6, 6.07) is 5.56. The zero-order valence-corrected chi connectivity index (χ0v) is 13.4. The van der Waals surface area contributed by atoms with E-state index in [0.717, 1.165) is 31.2 Å². The fourth-order valence-corrected chi connectivity index (χ4v) is 4.54. The first-order chi connectivity index (χ1) is 11.6. The maximum Gasteiger partial charge on any atom is 0.307 e. The van der Waals surface area contributed by atoms with E-state index in [1.807, 2.05) is 18.2 Å². The predicted octanol–water partition coefficient (Wildman–Crippen LogP) is 2.17. The van der Waals surface area contributed by atoms with E-state index < -0.39 is 17.8 Å². The van der Waals surface area contributed by atoms with Gasteiger partial charge in [-0.05, 0) is 55.2 Å². The zero-order valence-electron chi connectivity index (χ0n) is 13.4. The third-order valence-electron chi connectivity index (χ3n) is 5.71. The summed E-state index contributed by atoms with van der Waals surface area (Å²) in [5.74, 6) is -0.149. The van der Waals surface area contributed by atoms with Gasteiger partial charge in [0, 0.05) is 6.54 Å². The minimum atomic E-state index is -0.826. The van der Waals surface area contributed by atoms with Gasteiger partial charge in [0.2, 0.25) is 12.7 Å². The van der Waals surface area contributed by atoms with Crippen LogP contribution in [0.1, 0.15) is 31.2 Å². The number of rotatable bonds is 4. The van der Waals surface area contributed by atoms with Crippen LogP contribution in [-0.4, -0.2) is 23.8 Å². The minimum absolute atomic E-state index is 0.130. The van der Waals surface area contributed by atoms with Gasteiger partial charge in [-0.1, -0.05) is 6.07 Å². The van der Waals surface area contributed by atoms with E-state index >= 15 is 0 Å². The smallest absolute Gasteiger partial charge is 0.307 e. The Bertz CT molecular complexity index is 665. The summed E-state index contributed by atoms with van der Waals surface area (Å²) in [6.45, 7) is 0.590. The molecule has 6 nitrogen and oxygen atoms in total. The number of carbonyl (C=O) groups excluding carboxylic acids is 1. The van der Waals surface area contributed by atoms with Crippen LogP contribution >= 0.6 is 0 Å². The number of hydrogen-bond acceptors (Lipinski definition) is 4. The van der Waals surface area contributed by atoms with E-state index in [1.165, 1.54) is 0 Å². The Kier molecular flexibility index (Phi) is 3.82. The van der Waals surface area contributed by atoms with E-state index in [2.05, 4.69) is 5.32 Å². The Morgan fingerprint density at radius 3 is 2.42 bits per heavy atom. The highest BCUT2D eigenvalue weighted by Gasteiger charge is 2.50. The maximum atomic E-state index is 12.7. The van der Waals surface area contributed by atoms with Gasteiger partial charge in [0.1, 0.15) is 0 Å². The number of hydrogen-bond donors (Lipinski definition) is 2. The number of amides is 1. The highest BCUT2D eigenvalue weighted by Crippen LogP contribution is 2.49. The van der Waals surface area contributed by atoms with Crippen LogP contribution in [0.5, 0.6) is 11.5 Å². The first-order valence-electron chi connectivity index (χ1n) is 8.52. The molecule has 0 spiro atoms. The van der Waals surface area contributed by atoms with Crippen molar-refractivity contribution in [2.24, 2.45) is 23.7 Å². The molecule has 2 bridgehead atoms. The van der Waals surface area contributed by atoms with Crippen molar-refractivity contribution in [3.8, 4) is 11.5 Å². The highest BCUT2D eigenvalue weighted by molar-refractivity contribution is 5.85. The van der Waals surface area contributed by atoms with Gasteiger partial charge in [-0.3, -0.25) is 9.59 Å². The molecule has 24 heavy (non-hydrogen) atoms. The second-order valence-electron chi connectivity index (χ2n) is 6.97. The van der Waals surface area contributed by atoms with Crippen LogP contribution < -0.4 is 14.8 Å². The molecule has 3 saturated carbocycles. The number of carboxylic acids is 1. The summed E-state index contributed by atoms with van der Waals surface area (Å²) in [7, 11) is 0. The third-order valence-corrected chi connectivity index (χ3v) is 5.71. The molecule has 1 aliphatic heterocycles. The lowest BCUT2D eigenvalue weighted by molar-refractivity contribution is -0.158. The Hall–Kier alpha value is -2.24. The summed E-state index contributed by atoms with van der Waals surface area (Å²) in [4.78, 5) is 24.3. The summed E-state index contributed by atoms with van der Waals surface area (Å²) < 4.78 is 10.6. The minimum Gasteiger partial charge on any atom is -0.481 e. The van der Waals surface area contributed by atoms with Crippen molar-refractivity contribution in [2.75, 3.05) is 6.79 Å². The van der Waals surface area contributed by atoms with Crippen LogP contribution in [0.25, 0.3) is 0 Å². The average Bonchev–Trinajstić information content (AvgIpc) is 3.07. The monoisotopic (exact) mass is 331 g/mol. The van der Waals surface area contributed by atoms with Crippen molar-refractivity contribution in [3.05, 3.63) is 23.8 Å². The number of carbonyl (C=O) groups is 2. The summed E-state index contributed by atoms with van der Waals surface area (Å²) in [6.07, 6.45) is 3.81. The third kappa shape index (κ3) is 2.60. The number of nitrogens with one attached hydrogen (secondary N) is 1. The molecule has 0 saturated heterocycles.